The summed E-state index contributed by atoms with van der Waals surface area (Å²) in [5, 5.41) is 2.96. The number of esters is 1. The first-order valence-electron chi connectivity index (χ1n) is 5.15. The molecule has 0 amide bonds. The van der Waals surface area contributed by atoms with Gasteiger partial charge in [-0.15, -0.1) is 0 Å². The minimum absolute atomic E-state index is 0.191. The maximum Gasteiger partial charge on any atom is 0.323 e. The summed E-state index contributed by atoms with van der Waals surface area (Å²) in [6.07, 6.45) is 0.663. The third-order valence-electron chi connectivity index (χ3n) is 2.20. The van der Waals surface area contributed by atoms with Gasteiger partial charge in [-0.2, -0.15) is 0 Å². The predicted molar refractivity (Wildman–Crippen MR) is 59.6 cm³/mol. The maximum atomic E-state index is 11.5. The van der Waals surface area contributed by atoms with Crippen molar-refractivity contribution in [3.05, 3.63) is 35.9 Å². The molecule has 82 valence electrons. The Kier molecular flexibility index (Phi) is 4.84. The molecule has 0 saturated heterocycles. The average molecular weight is 207 g/mol. The lowest BCUT2D eigenvalue weighted by Crippen LogP contribution is -2.37. The number of nitrogens with one attached hydrogen (secondary N) is 1. The molecular formula is C12H17NO2. The van der Waals surface area contributed by atoms with Gasteiger partial charge in [0.05, 0.1) is 6.61 Å². The van der Waals surface area contributed by atoms with Crippen LogP contribution in [0.25, 0.3) is 0 Å². The van der Waals surface area contributed by atoms with E-state index < -0.39 is 0 Å². The fraction of sp³-hybridized carbons (Fsp3) is 0.417. The van der Waals surface area contributed by atoms with E-state index >= 15 is 0 Å². The molecule has 1 aromatic rings. The first kappa shape index (κ1) is 11.7. The highest BCUT2D eigenvalue weighted by Crippen LogP contribution is 2.04. The summed E-state index contributed by atoms with van der Waals surface area (Å²) in [4.78, 5) is 11.5. The molecule has 0 saturated carbocycles. The first-order valence-corrected chi connectivity index (χ1v) is 5.15. The van der Waals surface area contributed by atoms with Gasteiger partial charge in [-0.3, -0.25) is 4.79 Å². The molecule has 1 N–H and O–H groups in total. The van der Waals surface area contributed by atoms with Gasteiger partial charge in [0.1, 0.15) is 6.04 Å². The molecule has 0 fully saturated rings. The zero-order valence-corrected chi connectivity index (χ0v) is 9.19. The lowest BCUT2D eigenvalue weighted by atomic mass is 10.1. The third-order valence-corrected chi connectivity index (χ3v) is 2.20. The Hall–Kier alpha value is -1.35. The fourth-order valence-corrected chi connectivity index (χ4v) is 1.40. The molecule has 0 aliphatic carbocycles. The molecule has 3 nitrogen and oxygen atoms in total. The summed E-state index contributed by atoms with van der Waals surface area (Å²) in [5.41, 5.74) is 1.13. The summed E-state index contributed by atoms with van der Waals surface area (Å²) >= 11 is 0. The average Bonchev–Trinajstić information content (AvgIpc) is 2.27. The highest BCUT2D eigenvalue weighted by molar-refractivity contribution is 5.76. The Morgan fingerprint density at radius 1 is 1.40 bits per heavy atom. The second kappa shape index (κ2) is 6.19. The molecule has 0 aliphatic heterocycles. The van der Waals surface area contributed by atoms with Gasteiger partial charge in [0.2, 0.25) is 0 Å². The number of hydrogen-bond acceptors (Lipinski definition) is 3. The van der Waals surface area contributed by atoms with Crippen LogP contribution in [0.3, 0.4) is 0 Å². The summed E-state index contributed by atoms with van der Waals surface area (Å²) in [7, 11) is 1.77. The molecule has 0 aliphatic rings. The summed E-state index contributed by atoms with van der Waals surface area (Å²) in [6.45, 7) is 2.24. The van der Waals surface area contributed by atoms with E-state index in [2.05, 4.69) is 5.32 Å². The molecule has 1 rings (SSSR count). The van der Waals surface area contributed by atoms with E-state index in [1.807, 2.05) is 37.3 Å². The smallest absolute Gasteiger partial charge is 0.323 e. The number of benzene rings is 1. The Morgan fingerprint density at radius 2 is 2.07 bits per heavy atom. The van der Waals surface area contributed by atoms with Crippen molar-refractivity contribution in [1.82, 2.24) is 5.32 Å². The molecule has 0 unspecified atom stereocenters. The van der Waals surface area contributed by atoms with Gasteiger partial charge < -0.3 is 10.1 Å². The van der Waals surface area contributed by atoms with E-state index in [1.165, 1.54) is 0 Å². The van der Waals surface area contributed by atoms with Crippen molar-refractivity contribution in [1.29, 1.82) is 0 Å². The Morgan fingerprint density at radius 3 is 2.60 bits per heavy atom. The van der Waals surface area contributed by atoms with Gasteiger partial charge in [0, 0.05) is 0 Å². The lowest BCUT2D eigenvalue weighted by Gasteiger charge is -2.14. The third kappa shape index (κ3) is 3.72. The molecule has 0 aromatic heterocycles. The van der Waals surface area contributed by atoms with Crippen molar-refractivity contribution < 1.29 is 9.53 Å². The number of hydrogen-bond donors (Lipinski definition) is 1. The lowest BCUT2D eigenvalue weighted by molar-refractivity contribution is -0.145. The van der Waals surface area contributed by atoms with Crippen molar-refractivity contribution in [2.75, 3.05) is 13.7 Å². The normalized spacial score (nSPS) is 12.1. The maximum absolute atomic E-state index is 11.5. The van der Waals surface area contributed by atoms with E-state index in [9.17, 15) is 4.79 Å². The predicted octanol–water partition coefficient (Wildman–Crippen LogP) is 1.38. The summed E-state index contributed by atoms with van der Waals surface area (Å²) < 4.78 is 4.97. The van der Waals surface area contributed by atoms with Gasteiger partial charge in [-0.1, -0.05) is 30.3 Å². The largest absolute Gasteiger partial charge is 0.465 e. The van der Waals surface area contributed by atoms with E-state index in [-0.39, 0.29) is 12.0 Å². The van der Waals surface area contributed by atoms with Crippen LogP contribution >= 0.6 is 0 Å². The number of likely N-dealkylation sites (N-methyl/N-ethyl adjacent to an activating group) is 1. The van der Waals surface area contributed by atoms with Crippen LogP contribution in [-0.4, -0.2) is 25.7 Å². The van der Waals surface area contributed by atoms with Crippen molar-refractivity contribution >= 4 is 5.97 Å². The van der Waals surface area contributed by atoms with Crippen LogP contribution in [0.4, 0.5) is 0 Å². The summed E-state index contributed by atoms with van der Waals surface area (Å²) in [6, 6.07) is 9.64. The van der Waals surface area contributed by atoms with Crippen molar-refractivity contribution in [2.24, 2.45) is 0 Å². The molecule has 1 aromatic carbocycles. The van der Waals surface area contributed by atoms with E-state index in [1.54, 1.807) is 7.05 Å². The van der Waals surface area contributed by atoms with Gasteiger partial charge >= 0.3 is 5.97 Å². The Bertz CT molecular complexity index is 298. The molecule has 15 heavy (non-hydrogen) atoms. The second-order valence-electron chi connectivity index (χ2n) is 3.28. The monoisotopic (exact) mass is 207 g/mol. The van der Waals surface area contributed by atoms with E-state index in [0.29, 0.717) is 13.0 Å². The second-order valence-corrected chi connectivity index (χ2v) is 3.28. The van der Waals surface area contributed by atoms with Gasteiger partial charge in [0.15, 0.2) is 0 Å². The first-order chi connectivity index (χ1) is 7.27. The van der Waals surface area contributed by atoms with Crippen molar-refractivity contribution in [2.45, 2.75) is 19.4 Å². The van der Waals surface area contributed by atoms with Crippen LogP contribution < -0.4 is 5.32 Å². The zero-order valence-electron chi connectivity index (χ0n) is 9.19. The van der Waals surface area contributed by atoms with Crippen LogP contribution in [0.2, 0.25) is 0 Å². The number of ether oxygens (including phenoxy) is 1. The molecular weight excluding hydrogens is 190 g/mol. The highest BCUT2D eigenvalue weighted by Gasteiger charge is 2.17. The molecule has 0 heterocycles. The van der Waals surface area contributed by atoms with Crippen LogP contribution in [0.5, 0.6) is 0 Å². The highest BCUT2D eigenvalue weighted by atomic mass is 16.5. The van der Waals surface area contributed by atoms with Gasteiger partial charge in [-0.25, -0.2) is 0 Å². The minimum Gasteiger partial charge on any atom is -0.465 e. The van der Waals surface area contributed by atoms with E-state index in [0.717, 1.165) is 5.56 Å². The summed E-state index contributed by atoms with van der Waals surface area (Å²) in [5.74, 6) is -0.191. The fourth-order valence-electron chi connectivity index (χ4n) is 1.40. The minimum atomic E-state index is -0.257. The van der Waals surface area contributed by atoms with Crippen LogP contribution in [0, 0.1) is 0 Å². The van der Waals surface area contributed by atoms with Crippen molar-refractivity contribution in [3.63, 3.8) is 0 Å². The zero-order chi connectivity index (χ0) is 11.1. The van der Waals surface area contributed by atoms with Crippen LogP contribution in [0.15, 0.2) is 30.3 Å². The van der Waals surface area contributed by atoms with Crippen molar-refractivity contribution in [3.8, 4) is 0 Å². The van der Waals surface area contributed by atoms with Crippen LogP contribution in [0.1, 0.15) is 12.5 Å². The van der Waals surface area contributed by atoms with E-state index in [4.69, 9.17) is 4.74 Å². The molecule has 0 spiro atoms. The quantitative estimate of drug-likeness (QED) is 0.741. The molecule has 3 heteroatoms. The van der Waals surface area contributed by atoms with Crippen LogP contribution in [-0.2, 0) is 16.0 Å². The van der Waals surface area contributed by atoms with Gasteiger partial charge in [0.25, 0.3) is 0 Å². The number of carbonyl (C=O) groups excluding carboxylic acids is 1. The Labute approximate surface area is 90.4 Å². The SMILES string of the molecule is CCOC(=O)[C@H](Cc1ccccc1)NC. The number of rotatable bonds is 5. The topological polar surface area (TPSA) is 38.3 Å². The molecule has 0 radical (unpaired) electrons. The number of carbonyl (C=O) groups is 1. The standard InChI is InChI=1S/C12H17NO2/c1-3-15-12(14)11(13-2)9-10-7-5-4-6-8-10/h4-8,11,13H,3,9H2,1-2H3/t11-/m0/s1. The Balaban J connectivity index is 2.58. The molecule has 1 atom stereocenters. The van der Waals surface area contributed by atoms with Gasteiger partial charge in [-0.05, 0) is 26.0 Å². The molecule has 0 bridgehead atoms.